The van der Waals surface area contributed by atoms with Gasteiger partial charge in [0.15, 0.2) is 0 Å². The highest BCUT2D eigenvalue weighted by molar-refractivity contribution is 6.07. The second-order valence-corrected chi connectivity index (χ2v) is 18.0. The first-order chi connectivity index (χ1) is 31.0. The zero-order valence-corrected chi connectivity index (χ0v) is 37.4. The first-order valence-corrected chi connectivity index (χ1v) is 22.7. The Morgan fingerprint density at radius 2 is 1.59 bits per heavy atom. The van der Waals surface area contributed by atoms with E-state index < -0.39 is 24.3 Å². The minimum absolute atomic E-state index is 0.0330. The highest BCUT2D eigenvalue weighted by Gasteiger charge is 2.44. The van der Waals surface area contributed by atoms with Crippen LogP contribution in [0.4, 0.5) is 9.59 Å². The van der Waals surface area contributed by atoms with Gasteiger partial charge in [0.25, 0.3) is 0 Å². The van der Waals surface area contributed by atoms with Gasteiger partial charge in [-0.05, 0) is 110 Å². The Morgan fingerprint density at radius 1 is 0.844 bits per heavy atom. The first-order valence-electron chi connectivity index (χ1n) is 22.7. The lowest BCUT2D eigenvalue weighted by atomic mass is 9.90. The van der Waals surface area contributed by atoms with Gasteiger partial charge >= 0.3 is 12.2 Å². The molecular formula is C48H58N8O8. The fraction of sp³-hybridized carbons (Fsp3) is 0.500. The molecule has 3 aromatic carbocycles. The number of carbonyl (C=O) groups is 4. The topological polar surface area (TPSA) is 193 Å². The quantitative estimate of drug-likeness (QED) is 0.108. The van der Waals surface area contributed by atoms with Crippen LogP contribution in [0.2, 0.25) is 0 Å². The minimum Gasteiger partial charge on any atom is -0.488 e. The van der Waals surface area contributed by atoms with E-state index in [1.807, 2.05) is 35.9 Å². The molecule has 338 valence electrons. The van der Waals surface area contributed by atoms with Crippen molar-refractivity contribution >= 4 is 45.8 Å². The molecule has 0 saturated carbocycles. The lowest BCUT2D eigenvalue weighted by molar-refractivity contribution is -0.139. The second-order valence-electron chi connectivity index (χ2n) is 18.0. The normalized spacial score (nSPS) is 21.9. The number of hydrogen-bond donors (Lipinski definition) is 4. The van der Waals surface area contributed by atoms with Crippen molar-refractivity contribution in [1.29, 1.82) is 0 Å². The van der Waals surface area contributed by atoms with Crippen molar-refractivity contribution in [2.45, 2.75) is 115 Å². The van der Waals surface area contributed by atoms with Gasteiger partial charge in [-0.25, -0.2) is 19.6 Å². The zero-order chi connectivity index (χ0) is 44.8. The molecule has 4 N–H and O–H groups in total. The van der Waals surface area contributed by atoms with Gasteiger partial charge < -0.3 is 49.3 Å². The number of benzene rings is 3. The Balaban J connectivity index is 0.967. The van der Waals surface area contributed by atoms with Crippen LogP contribution < -0.4 is 15.4 Å². The lowest BCUT2D eigenvalue weighted by Crippen LogP contribution is -2.54. The fourth-order valence-corrected chi connectivity index (χ4v) is 10.4. The van der Waals surface area contributed by atoms with Crippen molar-refractivity contribution < 1.29 is 38.1 Å². The van der Waals surface area contributed by atoms with Crippen LogP contribution in [0.3, 0.4) is 0 Å². The van der Waals surface area contributed by atoms with Gasteiger partial charge in [0, 0.05) is 36.2 Å². The number of carbonyl (C=O) groups excluding carboxylic acids is 4. The van der Waals surface area contributed by atoms with Crippen LogP contribution in [0.15, 0.2) is 48.7 Å². The van der Waals surface area contributed by atoms with E-state index in [2.05, 4.69) is 70.8 Å². The summed E-state index contributed by atoms with van der Waals surface area (Å²) in [7, 11) is 2.61. The van der Waals surface area contributed by atoms with E-state index in [1.165, 1.54) is 14.2 Å². The maximum atomic E-state index is 14.4. The Morgan fingerprint density at radius 3 is 2.34 bits per heavy atom. The van der Waals surface area contributed by atoms with E-state index in [4.69, 9.17) is 28.9 Å². The number of H-pyrrole nitrogens is 2. The van der Waals surface area contributed by atoms with Crippen LogP contribution in [0.1, 0.15) is 102 Å². The molecular weight excluding hydrogens is 817 g/mol. The van der Waals surface area contributed by atoms with Crippen LogP contribution >= 0.6 is 0 Å². The molecule has 6 atom stereocenters. The molecule has 0 radical (unpaired) electrons. The number of rotatable bonds is 10. The Kier molecular flexibility index (Phi) is 12.0. The highest BCUT2D eigenvalue weighted by Crippen LogP contribution is 2.44. The molecule has 0 bridgehead atoms. The van der Waals surface area contributed by atoms with E-state index in [1.54, 1.807) is 0 Å². The average Bonchev–Trinajstić information content (AvgIpc) is 4.14. The molecule has 4 aliphatic rings. The van der Waals surface area contributed by atoms with Crippen LogP contribution in [0.25, 0.3) is 44.2 Å². The molecule has 0 unspecified atom stereocenters. The molecule has 6 heterocycles. The molecule has 9 rings (SSSR count). The predicted molar refractivity (Wildman–Crippen MR) is 239 cm³/mol. The van der Waals surface area contributed by atoms with E-state index >= 15 is 0 Å². The van der Waals surface area contributed by atoms with Crippen molar-refractivity contribution in [3.63, 3.8) is 0 Å². The van der Waals surface area contributed by atoms with Crippen LogP contribution in [-0.2, 0) is 30.4 Å². The minimum atomic E-state index is -0.722. The summed E-state index contributed by atoms with van der Waals surface area (Å²) in [5.74, 6) is 1.76. The smallest absolute Gasteiger partial charge is 0.407 e. The number of aromatic nitrogens is 4. The van der Waals surface area contributed by atoms with E-state index in [9.17, 15) is 19.2 Å². The summed E-state index contributed by atoms with van der Waals surface area (Å²) in [6, 6.07) is 12.7. The van der Waals surface area contributed by atoms with Gasteiger partial charge in [-0.1, -0.05) is 39.0 Å². The monoisotopic (exact) mass is 874 g/mol. The summed E-state index contributed by atoms with van der Waals surface area (Å²) in [5.41, 5.74) is 6.60. The Bertz CT molecular complexity index is 2580. The number of methoxy groups -OCH3 is 2. The molecule has 3 fully saturated rings. The summed E-state index contributed by atoms with van der Waals surface area (Å²) in [4.78, 5) is 73.9. The SMILES string of the molecule is CC[C@H]1CC[C@@H](c2ncc(-c3ccc4c(c3)COc3cc5c(ccc6[nH]c([C@@H]7CC[C@H](C)N7C(=O)[C@@H](NC(=O)OC)C7CCOCC7)nc65)cc3-4)[nH]2)N1C(=O)[C@@H](NC(=O)OC)C(C)C. The van der Waals surface area contributed by atoms with Crippen LogP contribution in [0.5, 0.6) is 5.75 Å². The molecule has 4 aliphatic heterocycles. The molecule has 16 nitrogen and oxygen atoms in total. The van der Waals surface area contributed by atoms with Gasteiger partial charge in [-0.3, -0.25) is 9.59 Å². The average molecular weight is 875 g/mol. The number of fused-ring (bicyclic) bond motifs is 6. The Labute approximate surface area is 372 Å². The largest absolute Gasteiger partial charge is 0.488 e. The van der Waals surface area contributed by atoms with Crippen molar-refractivity contribution in [3.8, 4) is 28.1 Å². The number of nitrogens with one attached hydrogen (secondary N) is 4. The number of amides is 4. The van der Waals surface area contributed by atoms with E-state index in [-0.39, 0.29) is 47.8 Å². The van der Waals surface area contributed by atoms with Crippen LogP contribution in [0, 0.1) is 11.8 Å². The highest BCUT2D eigenvalue weighted by atomic mass is 16.5. The zero-order valence-electron chi connectivity index (χ0n) is 37.4. The second kappa shape index (κ2) is 17.8. The molecule has 4 amide bonds. The standard InChI is InChI=1S/C48H58N8O8/c1-7-31-11-15-37(56(31)45(57)40(25(2)3)53-47(59)61-5)43-49-23-36(51-43)29-9-12-32-30(20-29)24-64-39-22-33-28(21-34(32)39)10-13-35-42(33)52-44(50-35)38-14-8-26(4)55(38)46(58)41(54-48(60)62-6)27-16-18-63-19-17-27/h9-10,12-13,20-23,25-27,31,37-38,40-41H,7-8,11,14-19,24H2,1-6H3,(H,49,51)(H,50,52)(H,53,59)(H,54,60)/t26-,31-,37-,38-,40-,41-/m0/s1. The lowest BCUT2D eigenvalue weighted by Gasteiger charge is -2.36. The number of likely N-dealkylation sites (tertiary alicyclic amines) is 2. The van der Waals surface area contributed by atoms with E-state index in [0.717, 1.165) is 99.3 Å². The summed E-state index contributed by atoms with van der Waals surface area (Å²) < 4.78 is 21.8. The van der Waals surface area contributed by atoms with Gasteiger partial charge in [0.05, 0.1) is 49.2 Å². The summed E-state index contributed by atoms with van der Waals surface area (Å²) in [6.45, 7) is 9.44. The van der Waals surface area contributed by atoms with Gasteiger partial charge in [-0.2, -0.15) is 0 Å². The van der Waals surface area contributed by atoms with Crippen molar-refractivity contribution in [1.82, 2.24) is 40.4 Å². The van der Waals surface area contributed by atoms with Crippen molar-refractivity contribution in [2.24, 2.45) is 11.8 Å². The third-order valence-electron chi connectivity index (χ3n) is 13.9. The molecule has 3 saturated heterocycles. The first kappa shape index (κ1) is 43.1. The number of aromatic amines is 2. The number of nitrogens with zero attached hydrogens (tertiary/aromatic N) is 4. The third-order valence-corrected chi connectivity index (χ3v) is 13.9. The summed E-state index contributed by atoms with van der Waals surface area (Å²) >= 11 is 0. The Hall–Kier alpha value is -6.16. The van der Waals surface area contributed by atoms with Crippen molar-refractivity contribution in [3.05, 3.63) is 65.9 Å². The summed E-state index contributed by atoms with van der Waals surface area (Å²) in [6.07, 6.45) is 5.89. The van der Waals surface area contributed by atoms with Crippen molar-refractivity contribution in [2.75, 3.05) is 27.4 Å². The molecule has 0 spiro atoms. The van der Waals surface area contributed by atoms with Gasteiger partial charge in [0.2, 0.25) is 11.8 Å². The molecule has 16 heteroatoms. The number of ether oxygens (including phenoxy) is 4. The van der Waals surface area contributed by atoms with Gasteiger partial charge in [-0.15, -0.1) is 0 Å². The number of imidazole rings is 2. The molecule has 5 aromatic rings. The predicted octanol–water partition coefficient (Wildman–Crippen LogP) is 7.69. The van der Waals surface area contributed by atoms with Gasteiger partial charge in [0.1, 0.15) is 36.1 Å². The maximum absolute atomic E-state index is 14.4. The van der Waals surface area contributed by atoms with Crippen LogP contribution in [-0.4, -0.2) is 105 Å². The molecule has 0 aliphatic carbocycles. The molecule has 2 aromatic heterocycles. The molecule has 64 heavy (non-hydrogen) atoms. The van der Waals surface area contributed by atoms with E-state index in [0.29, 0.717) is 32.7 Å². The maximum Gasteiger partial charge on any atom is 0.407 e. The fourth-order valence-electron chi connectivity index (χ4n) is 10.4. The summed E-state index contributed by atoms with van der Waals surface area (Å²) in [5, 5.41) is 7.57. The third kappa shape index (κ3) is 7.90. The number of hydrogen-bond acceptors (Lipinski definition) is 10. The number of alkyl carbamates (subject to hydrolysis) is 2.